The molecule has 1 heterocycles. The van der Waals surface area contributed by atoms with Crippen LogP contribution in [0.3, 0.4) is 0 Å². The van der Waals surface area contributed by atoms with Gasteiger partial charge in [0.1, 0.15) is 18.1 Å². The summed E-state index contributed by atoms with van der Waals surface area (Å²) in [5, 5.41) is 16.2. The second-order valence-corrected chi connectivity index (χ2v) is 7.70. The molecule has 1 aromatic heterocycles. The number of aromatic amines is 1. The van der Waals surface area contributed by atoms with Gasteiger partial charge in [-0.15, -0.1) is 0 Å². The highest BCUT2D eigenvalue weighted by Gasteiger charge is 2.29. The number of amides is 4. The van der Waals surface area contributed by atoms with Gasteiger partial charge in [-0.1, -0.05) is 0 Å². The summed E-state index contributed by atoms with van der Waals surface area (Å²) in [6.45, 7) is 1.59. The molecule has 0 aliphatic heterocycles. The first-order valence-corrected chi connectivity index (χ1v) is 10.6. The predicted molar refractivity (Wildman–Crippen MR) is 123 cm³/mol. The number of H-pyrrole nitrogens is 1. The largest absolute Gasteiger partial charge is 0.480 e. The summed E-state index contributed by atoms with van der Waals surface area (Å²) in [7, 11) is 0. The Bertz CT molecular complexity index is 915. The van der Waals surface area contributed by atoms with E-state index in [1.807, 2.05) is 0 Å². The number of hydrogen-bond acceptors (Lipinski definition) is 8. The highest BCUT2D eigenvalue weighted by Crippen LogP contribution is 2.03. The molecule has 1 rings (SSSR count). The Balaban J connectivity index is 2.80. The lowest BCUT2D eigenvalue weighted by Crippen LogP contribution is -2.57. The van der Waals surface area contributed by atoms with Crippen LogP contribution in [-0.4, -0.2) is 81.3 Å². The van der Waals surface area contributed by atoms with Gasteiger partial charge in [-0.05, 0) is 19.8 Å². The number of aliphatic imine (C=N–C) groups is 1. The maximum atomic E-state index is 12.9. The van der Waals surface area contributed by atoms with E-state index in [2.05, 4.69) is 30.9 Å². The molecule has 0 fully saturated rings. The summed E-state index contributed by atoms with van der Waals surface area (Å²) in [5.74, 6) is -4.68. The van der Waals surface area contributed by atoms with Crippen molar-refractivity contribution in [2.24, 2.45) is 27.9 Å². The Morgan fingerprint density at radius 1 is 1.06 bits per heavy atom. The van der Waals surface area contributed by atoms with E-state index >= 15 is 0 Å². The molecule has 0 aromatic carbocycles. The monoisotopic (exact) mass is 496 g/mol. The number of carbonyl (C=O) groups is 5. The smallest absolute Gasteiger partial charge is 0.326 e. The minimum Gasteiger partial charge on any atom is -0.480 e. The summed E-state index contributed by atoms with van der Waals surface area (Å²) in [5.41, 5.74) is 21.9. The normalized spacial score (nSPS) is 14.0. The molecule has 0 saturated heterocycles. The summed E-state index contributed by atoms with van der Waals surface area (Å²) in [6.07, 6.45) is 2.90. The van der Waals surface area contributed by atoms with Gasteiger partial charge in [-0.3, -0.25) is 24.2 Å². The first-order chi connectivity index (χ1) is 16.4. The van der Waals surface area contributed by atoms with E-state index in [0.29, 0.717) is 12.1 Å². The van der Waals surface area contributed by atoms with Crippen molar-refractivity contribution in [2.45, 2.75) is 56.8 Å². The Kier molecular flexibility index (Phi) is 11.6. The number of rotatable bonds is 15. The standard InChI is InChI=1S/C19H32N10O6/c1-9(15(31)29-13(18(34)35)6-14(21)30)27-17(33)12(5-10-7-24-8-26-10)28-16(32)11(20)3-2-4-25-19(22)23/h7-9,11-13H,2-6,20H2,1H3,(H2,21,30)(H,24,26)(H,27,33)(H,28,32)(H,29,31)(H,34,35)(H4,22,23,25). The SMILES string of the molecule is CC(NC(=O)C(Cc1cnc[nH]1)NC(=O)C(N)CCCN=C(N)N)C(=O)NC(CC(N)=O)C(=O)O. The van der Waals surface area contributed by atoms with Gasteiger partial charge in [0.25, 0.3) is 0 Å². The summed E-state index contributed by atoms with van der Waals surface area (Å²) in [6, 6.07) is -4.85. The van der Waals surface area contributed by atoms with Crippen LogP contribution in [0.15, 0.2) is 17.5 Å². The Labute approximate surface area is 200 Å². The molecule has 1 aromatic rings. The second-order valence-electron chi connectivity index (χ2n) is 7.70. The summed E-state index contributed by atoms with van der Waals surface area (Å²) < 4.78 is 0. The summed E-state index contributed by atoms with van der Waals surface area (Å²) in [4.78, 5) is 70.4. The highest BCUT2D eigenvalue weighted by atomic mass is 16.4. The van der Waals surface area contributed by atoms with Crippen LogP contribution >= 0.6 is 0 Å². The lowest BCUT2D eigenvalue weighted by Gasteiger charge is -2.23. The molecule has 16 heteroatoms. The van der Waals surface area contributed by atoms with Gasteiger partial charge in [0.05, 0.1) is 18.8 Å². The topological polar surface area (TPSA) is 287 Å². The average Bonchev–Trinajstić information content (AvgIpc) is 3.27. The molecular weight excluding hydrogens is 464 g/mol. The van der Waals surface area contributed by atoms with Crippen molar-refractivity contribution in [2.75, 3.05) is 6.54 Å². The predicted octanol–water partition coefficient (Wildman–Crippen LogP) is -4.23. The van der Waals surface area contributed by atoms with Gasteiger partial charge in [0, 0.05) is 24.9 Å². The minimum absolute atomic E-state index is 0.00601. The maximum absolute atomic E-state index is 12.9. The van der Waals surface area contributed by atoms with Gasteiger partial charge < -0.3 is 49.0 Å². The molecule has 4 unspecified atom stereocenters. The maximum Gasteiger partial charge on any atom is 0.326 e. The molecule has 0 aliphatic carbocycles. The molecule has 0 saturated carbocycles. The molecule has 0 spiro atoms. The molecule has 13 N–H and O–H groups in total. The molecule has 4 amide bonds. The van der Waals surface area contributed by atoms with Crippen LogP contribution in [0.25, 0.3) is 0 Å². The first-order valence-electron chi connectivity index (χ1n) is 10.6. The zero-order chi connectivity index (χ0) is 26.5. The molecule has 0 bridgehead atoms. The minimum atomic E-state index is -1.56. The number of imidazole rings is 1. The Hall–Kier alpha value is -4.21. The average molecular weight is 497 g/mol. The third kappa shape index (κ3) is 11.0. The van der Waals surface area contributed by atoms with Crippen LogP contribution in [0.1, 0.15) is 31.9 Å². The van der Waals surface area contributed by atoms with E-state index < -0.39 is 60.2 Å². The molecule has 4 atom stereocenters. The van der Waals surface area contributed by atoms with E-state index in [0.717, 1.165) is 0 Å². The first kappa shape index (κ1) is 28.8. The van der Waals surface area contributed by atoms with Crippen LogP contribution in [0.2, 0.25) is 0 Å². The van der Waals surface area contributed by atoms with Gasteiger partial charge >= 0.3 is 5.97 Å². The number of carboxylic acid groups (broad SMARTS) is 1. The van der Waals surface area contributed by atoms with Gasteiger partial charge in [0.2, 0.25) is 23.6 Å². The van der Waals surface area contributed by atoms with Crippen LogP contribution < -0.4 is 38.9 Å². The molecule has 0 aliphatic rings. The number of aromatic nitrogens is 2. The zero-order valence-electron chi connectivity index (χ0n) is 19.2. The Morgan fingerprint density at radius 3 is 2.26 bits per heavy atom. The lowest BCUT2D eigenvalue weighted by atomic mass is 10.1. The number of aliphatic carboxylic acids is 1. The lowest BCUT2D eigenvalue weighted by molar-refractivity contribution is -0.143. The van der Waals surface area contributed by atoms with Crippen molar-refractivity contribution in [1.29, 1.82) is 0 Å². The molecular formula is C19H32N10O6. The van der Waals surface area contributed by atoms with Gasteiger partial charge in [-0.2, -0.15) is 0 Å². The van der Waals surface area contributed by atoms with Gasteiger partial charge in [-0.25, -0.2) is 9.78 Å². The second kappa shape index (κ2) is 14.1. The van der Waals surface area contributed by atoms with E-state index in [9.17, 15) is 24.0 Å². The number of guanidine groups is 1. The van der Waals surface area contributed by atoms with E-state index in [1.165, 1.54) is 19.4 Å². The van der Waals surface area contributed by atoms with Crippen LogP contribution in [0, 0.1) is 0 Å². The number of carbonyl (C=O) groups excluding carboxylic acids is 4. The molecule has 35 heavy (non-hydrogen) atoms. The molecule has 194 valence electrons. The van der Waals surface area contributed by atoms with Crippen molar-refractivity contribution < 1.29 is 29.1 Å². The number of carboxylic acids is 1. The van der Waals surface area contributed by atoms with Crippen molar-refractivity contribution in [3.8, 4) is 0 Å². The number of nitrogens with two attached hydrogens (primary N) is 4. The van der Waals surface area contributed by atoms with Crippen molar-refractivity contribution in [3.05, 3.63) is 18.2 Å². The molecule has 16 nitrogen and oxygen atoms in total. The fraction of sp³-hybridized carbons (Fsp3) is 0.526. The van der Waals surface area contributed by atoms with E-state index in [1.54, 1.807) is 0 Å². The fourth-order valence-electron chi connectivity index (χ4n) is 2.83. The number of hydrogen-bond donors (Lipinski definition) is 9. The van der Waals surface area contributed by atoms with Crippen molar-refractivity contribution in [3.63, 3.8) is 0 Å². The van der Waals surface area contributed by atoms with Crippen LogP contribution in [-0.2, 0) is 30.4 Å². The van der Waals surface area contributed by atoms with Crippen LogP contribution in [0.5, 0.6) is 0 Å². The number of primary amides is 1. The van der Waals surface area contributed by atoms with E-state index in [-0.39, 0.29) is 25.3 Å². The Morgan fingerprint density at radius 2 is 1.71 bits per heavy atom. The van der Waals surface area contributed by atoms with Gasteiger partial charge in [0.15, 0.2) is 5.96 Å². The van der Waals surface area contributed by atoms with Crippen LogP contribution in [0.4, 0.5) is 0 Å². The van der Waals surface area contributed by atoms with Crippen molar-refractivity contribution >= 4 is 35.6 Å². The summed E-state index contributed by atoms with van der Waals surface area (Å²) >= 11 is 0. The number of nitrogens with one attached hydrogen (secondary N) is 4. The van der Waals surface area contributed by atoms with Crippen molar-refractivity contribution in [1.82, 2.24) is 25.9 Å². The van der Waals surface area contributed by atoms with E-state index in [4.69, 9.17) is 28.0 Å². The third-order valence-electron chi connectivity index (χ3n) is 4.69. The zero-order valence-corrected chi connectivity index (χ0v) is 19.2. The fourth-order valence-corrected chi connectivity index (χ4v) is 2.83. The highest BCUT2D eigenvalue weighted by molar-refractivity contribution is 5.94. The number of nitrogens with zero attached hydrogens (tertiary/aromatic N) is 2. The molecule has 0 radical (unpaired) electrons. The third-order valence-corrected chi connectivity index (χ3v) is 4.69. The quantitative estimate of drug-likeness (QED) is 0.0640.